The molecule has 0 N–H and O–H groups in total. The standard InChI is InChI=1S/C21H17N3O2/c1-26-11-9-16-13-20-23-19-12-15(5-7-17-4-2-3-10-22-17)6-8-18(19)21(25)24(20)14-16/h2,4,6,8,12,16H,9,11,13-14H2,1H3. The van der Waals surface area contributed by atoms with E-state index >= 15 is 0 Å². The van der Waals surface area contributed by atoms with Gasteiger partial charge < -0.3 is 4.74 Å². The Hall–Kier alpha value is -3.15. The van der Waals surface area contributed by atoms with Gasteiger partial charge in [-0.2, -0.15) is 4.98 Å². The molecule has 5 heteroatoms. The molecule has 3 aromatic rings. The molecule has 1 atom stereocenters. The van der Waals surface area contributed by atoms with Crippen LogP contribution in [0.1, 0.15) is 23.5 Å². The minimum absolute atomic E-state index is 0.0271. The fourth-order valence-electron chi connectivity index (χ4n) is 3.24. The monoisotopic (exact) mass is 343 g/mol. The molecule has 0 amide bonds. The molecule has 0 aliphatic carbocycles. The van der Waals surface area contributed by atoms with Crippen LogP contribution in [-0.4, -0.2) is 28.3 Å². The SMILES string of the molecule is COCCC1Cc2nc3cc(C#Cc4ccc#cn4)ccc3c(=O)n2C1. The van der Waals surface area contributed by atoms with Crippen molar-refractivity contribution < 1.29 is 4.74 Å². The number of aromatic nitrogens is 3. The van der Waals surface area contributed by atoms with Crippen molar-refractivity contribution in [3.63, 3.8) is 0 Å². The van der Waals surface area contributed by atoms with Crippen LogP contribution in [0.3, 0.4) is 0 Å². The van der Waals surface area contributed by atoms with Gasteiger partial charge in [0.25, 0.3) is 5.56 Å². The summed E-state index contributed by atoms with van der Waals surface area (Å²) in [5, 5.41) is 0.632. The van der Waals surface area contributed by atoms with Crippen molar-refractivity contribution in [2.24, 2.45) is 5.92 Å². The lowest BCUT2D eigenvalue weighted by Crippen LogP contribution is -2.21. The molecule has 128 valence electrons. The fourth-order valence-corrected chi connectivity index (χ4v) is 3.24. The Bertz CT molecular complexity index is 1060. The van der Waals surface area contributed by atoms with E-state index in [4.69, 9.17) is 9.72 Å². The summed E-state index contributed by atoms with van der Waals surface area (Å²) in [7, 11) is 1.70. The van der Waals surface area contributed by atoms with E-state index in [1.54, 1.807) is 23.8 Å². The van der Waals surface area contributed by atoms with Gasteiger partial charge in [-0.05, 0) is 54.7 Å². The van der Waals surface area contributed by atoms with Gasteiger partial charge in [0.2, 0.25) is 0 Å². The Labute approximate surface area is 151 Å². The van der Waals surface area contributed by atoms with Crippen LogP contribution in [0.4, 0.5) is 0 Å². The van der Waals surface area contributed by atoms with Crippen LogP contribution in [-0.2, 0) is 17.7 Å². The molecule has 1 aliphatic heterocycles. The topological polar surface area (TPSA) is 57.0 Å². The van der Waals surface area contributed by atoms with Gasteiger partial charge in [0.15, 0.2) is 0 Å². The summed E-state index contributed by atoms with van der Waals surface area (Å²) in [6.45, 7) is 1.42. The van der Waals surface area contributed by atoms with Crippen molar-refractivity contribution in [1.29, 1.82) is 0 Å². The molecular weight excluding hydrogens is 326 g/mol. The number of fused-ring (bicyclic) bond motifs is 2. The number of rotatable bonds is 3. The summed E-state index contributed by atoms with van der Waals surface area (Å²) in [6.07, 6.45) is 4.38. The van der Waals surface area contributed by atoms with Gasteiger partial charge >= 0.3 is 0 Å². The highest BCUT2D eigenvalue weighted by Crippen LogP contribution is 2.22. The molecule has 0 bridgehead atoms. The van der Waals surface area contributed by atoms with Crippen LogP contribution >= 0.6 is 0 Å². The molecule has 2 aromatic heterocycles. The lowest BCUT2D eigenvalue weighted by atomic mass is 10.1. The summed E-state index contributed by atoms with van der Waals surface area (Å²) < 4.78 is 6.96. The van der Waals surface area contributed by atoms with Crippen molar-refractivity contribution >= 4 is 10.9 Å². The van der Waals surface area contributed by atoms with Gasteiger partial charge in [-0.1, -0.05) is 5.92 Å². The third kappa shape index (κ3) is 3.18. The van der Waals surface area contributed by atoms with Crippen LogP contribution in [0.15, 0.2) is 35.1 Å². The number of methoxy groups -OCH3 is 1. The van der Waals surface area contributed by atoms with Gasteiger partial charge in [-0.3, -0.25) is 9.36 Å². The highest BCUT2D eigenvalue weighted by molar-refractivity contribution is 5.79. The average molecular weight is 343 g/mol. The summed E-state index contributed by atoms with van der Waals surface area (Å²) in [5.41, 5.74) is 2.16. The van der Waals surface area contributed by atoms with Gasteiger partial charge in [0.05, 0.1) is 10.9 Å². The Morgan fingerprint density at radius 3 is 3.08 bits per heavy atom. The van der Waals surface area contributed by atoms with Crippen LogP contribution < -0.4 is 5.56 Å². The van der Waals surface area contributed by atoms with Crippen LogP contribution in [0.5, 0.6) is 0 Å². The van der Waals surface area contributed by atoms with E-state index in [0.717, 1.165) is 30.8 Å². The molecule has 0 saturated carbocycles. The number of benzene rings is 1. The summed E-state index contributed by atoms with van der Waals surface area (Å²) in [4.78, 5) is 21.5. The van der Waals surface area contributed by atoms with E-state index in [0.29, 0.717) is 29.1 Å². The van der Waals surface area contributed by atoms with Crippen molar-refractivity contribution in [1.82, 2.24) is 14.5 Å². The third-order valence-corrected chi connectivity index (χ3v) is 4.58. The van der Waals surface area contributed by atoms with Gasteiger partial charge in [-0.15, -0.1) is 0 Å². The first-order valence-corrected chi connectivity index (χ1v) is 8.54. The van der Waals surface area contributed by atoms with Gasteiger partial charge in [0, 0.05) is 38.4 Å². The smallest absolute Gasteiger partial charge is 0.261 e. The molecular formula is C21H17N3O2. The van der Waals surface area contributed by atoms with Gasteiger partial charge in [0.1, 0.15) is 11.5 Å². The van der Waals surface area contributed by atoms with Crippen LogP contribution in [0.2, 0.25) is 0 Å². The second kappa shape index (κ2) is 7.00. The Morgan fingerprint density at radius 2 is 2.27 bits per heavy atom. The minimum Gasteiger partial charge on any atom is -0.385 e. The summed E-state index contributed by atoms with van der Waals surface area (Å²) in [6, 6.07) is 11.8. The van der Waals surface area contributed by atoms with E-state index in [1.165, 1.54) is 0 Å². The predicted octanol–water partition coefficient (Wildman–Crippen LogP) is 2.00. The second-order valence-electron chi connectivity index (χ2n) is 6.36. The lowest BCUT2D eigenvalue weighted by Gasteiger charge is -2.06. The third-order valence-electron chi connectivity index (χ3n) is 4.58. The molecule has 0 spiro atoms. The molecule has 4 rings (SSSR count). The second-order valence-corrected chi connectivity index (χ2v) is 6.36. The molecule has 0 fully saturated rings. The molecule has 1 aromatic carbocycles. The quantitative estimate of drug-likeness (QED) is 0.683. The normalized spacial score (nSPS) is 15.2. The molecule has 26 heavy (non-hydrogen) atoms. The van der Waals surface area contributed by atoms with Crippen molar-refractivity contribution in [3.8, 4) is 11.8 Å². The minimum atomic E-state index is 0.0271. The first-order valence-electron chi connectivity index (χ1n) is 8.54. The zero-order valence-electron chi connectivity index (χ0n) is 14.5. The average Bonchev–Trinajstić information content (AvgIpc) is 3.08. The first-order chi connectivity index (χ1) is 12.7. The number of nitrogens with zero attached hydrogens (tertiary/aromatic N) is 3. The molecule has 1 aliphatic rings. The summed E-state index contributed by atoms with van der Waals surface area (Å²) in [5.74, 6) is 7.31. The zero-order chi connectivity index (χ0) is 17.9. The molecule has 5 nitrogen and oxygen atoms in total. The Morgan fingerprint density at radius 1 is 1.35 bits per heavy atom. The van der Waals surface area contributed by atoms with E-state index < -0.39 is 0 Å². The van der Waals surface area contributed by atoms with Crippen molar-refractivity contribution in [2.45, 2.75) is 19.4 Å². The summed E-state index contributed by atoms with van der Waals surface area (Å²) >= 11 is 0. The van der Waals surface area contributed by atoms with E-state index in [9.17, 15) is 4.79 Å². The lowest BCUT2D eigenvalue weighted by molar-refractivity contribution is 0.177. The number of hydrogen-bond acceptors (Lipinski definition) is 4. The maximum atomic E-state index is 12.8. The highest BCUT2D eigenvalue weighted by atomic mass is 16.5. The fraction of sp³-hybridized carbons (Fsp3) is 0.286. The van der Waals surface area contributed by atoms with Crippen LogP contribution in [0, 0.1) is 30.0 Å². The Kier molecular flexibility index (Phi) is 4.39. The maximum absolute atomic E-state index is 12.8. The van der Waals surface area contributed by atoms with Crippen molar-refractivity contribution in [2.75, 3.05) is 13.7 Å². The molecule has 3 heterocycles. The highest BCUT2D eigenvalue weighted by Gasteiger charge is 2.24. The van der Waals surface area contributed by atoms with E-state index in [1.807, 2.05) is 18.2 Å². The largest absolute Gasteiger partial charge is 0.385 e. The van der Waals surface area contributed by atoms with Gasteiger partial charge in [-0.25, -0.2) is 4.98 Å². The molecule has 1 unspecified atom stereocenters. The van der Waals surface area contributed by atoms with E-state index in [2.05, 4.69) is 29.1 Å². The number of hydrogen-bond donors (Lipinski definition) is 0. The molecule has 0 saturated heterocycles. The molecule has 0 radical (unpaired) electrons. The van der Waals surface area contributed by atoms with Crippen LogP contribution in [0.25, 0.3) is 10.9 Å². The first kappa shape index (κ1) is 16.3. The van der Waals surface area contributed by atoms with Crippen molar-refractivity contribution in [3.05, 3.63) is 70.0 Å². The maximum Gasteiger partial charge on any atom is 0.261 e. The number of ether oxygens (including phenoxy) is 1. The van der Waals surface area contributed by atoms with E-state index in [-0.39, 0.29) is 5.56 Å². The Balaban J connectivity index is 1.67. The predicted molar refractivity (Wildman–Crippen MR) is 97.6 cm³/mol. The zero-order valence-corrected chi connectivity index (χ0v) is 14.5.